The zero-order chi connectivity index (χ0) is 19.5. The van der Waals surface area contributed by atoms with Gasteiger partial charge in [0.05, 0.1) is 11.3 Å². The second-order valence-corrected chi connectivity index (χ2v) is 7.14. The molecule has 3 aromatic carbocycles. The summed E-state index contributed by atoms with van der Waals surface area (Å²) in [5.41, 5.74) is 2.09. The molecule has 0 saturated carbocycles. The first-order chi connectivity index (χ1) is 13.6. The van der Waals surface area contributed by atoms with Crippen LogP contribution in [0.5, 0.6) is 11.5 Å². The van der Waals surface area contributed by atoms with E-state index in [2.05, 4.69) is 0 Å². The third-order valence-electron chi connectivity index (χ3n) is 4.75. The maximum atomic E-state index is 13.4. The lowest BCUT2D eigenvalue weighted by Gasteiger charge is -2.29. The topological polar surface area (TPSA) is 35.5 Å². The molecule has 142 valence electrons. The van der Waals surface area contributed by atoms with Crippen molar-refractivity contribution in [2.24, 2.45) is 5.92 Å². The van der Waals surface area contributed by atoms with Gasteiger partial charge in [-0.1, -0.05) is 48.5 Å². The highest BCUT2D eigenvalue weighted by molar-refractivity contribution is 6.23. The highest BCUT2D eigenvalue weighted by Gasteiger charge is 2.35. The molecule has 0 spiro atoms. The molecular formula is C23H18ClFO3. The number of hydrogen-bond donors (Lipinski definition) is 0. The fourth-order valence-corrected chi connectivity index (χ4v) is 3.61. The fourth-order valence-electron chi connectivity index (χ4n) is 3.24. The number of ketones is 1. The number of hydrogen-bond acceptors (Lipinski definition) is 3. The van der Waals surface area contributed by atoms with Gasteiger partial charge in [-0.2, -0.15) is 0 Å². The Bertz CT molecular complexity index is 990. The molecule has 0 saturated heterocycles. The monoisotopic (exact) mass is 396 g/mol. The Morgan fingerprint density at radius 2 is 1.89 bits per heavy atom. The van der Waals surface area contributed by atoms with Crippen LogP contribution in [0.25, 0.3) is 0 Å². The van der Waals surface area contributed by atoms with Crippen molar-refractivity contribution in [3.8, 4) is 11.5 Å². The molecule has 3 aromatic rings. The molecule has 0 N–H and O–H groups in total. The Morgan fingerprint density at radius 1 is 1.07 bits per heavy atom. The minimum Gasteiger partial charge on any atom is -0.492 e. The number of rotatable bonds is 5. The van der Waals surface area contributed by atoms with E-state index in [1.165, 1.54) is 18.2 Å². The Hall–Kier alpha value is -2.85. The van der Waals surface area contributed by atoms with Crippen molar-refractivity contribution >= 4 is 17.4 Å². The lowest BCUT2D eigenvalue weighted by Crippen LogP contribution is -2.30. The molecule has 4 rings (SSSR count). The standard InChI is InChI=1S/C23H18ClFO3/c24-22-19-10-9-18(27-13-15-5-2-1-3-6-15)12-21(19)28-14-20(22)23(26)16-7-4-8-17(25)11-16/h1-12,20,22H,13-14H2. The van der Waals surface area contributed by atoms with Crippen LogP contribution in [-0.4, -0.2) is 12.4 Å². The Kier molecular flexibility index (Phi) is 5.31. The Balaban J connectivity index is 1.49. The maximum Gasteiger partial charge on any atom is 0.171 e. The van der Waals surface area contributed by atoms with Crippen molar-refractivity contribution in [3.05, 3.63) is 95.3 Å². The number of alkyl halides is 1. The van der Waals surface area contributed by atoms with Gasteiger partial charge in [0.15, 0.2) is 5.78 Å². The van der Waals surface area contributed by atoms with E-state index in [1.807, 2.05) is 42.5 Å². The van der Waals surface area contributed by atoms with Gasteiger partial charge in [-0.05, 0) is 23.8 Å². The van der Waals surface area contributed by atoms with E-state index < -0.39 is 17.1 Å². The van der Waals surface area contributed by atoms with Gasteiger partial charge in [0.25, 0.3) is 0 Å². The van der Waals surface area contributed by atoms with Crippen LogP contribution in [0.1, 0.15) is 26.9 Å². The number of halogens is 2. The van der Waals surface area contributed by atoms with Gasteiger partial charge in [0.1, 0.15) is 30.5 Å². The average molecular weight is 397 g/mol. The zero-order valence-corrected chi connectivity index (χ0v) is 15.7. The van der Waals surface area contributed by atoms with Gasteiger partial charge >= 0.3 is 0 Å². The number of fused-ring (bicyclic) bond motifs is 1. The number of ether oxygens (including phenoxy) is 2. The van der Waals surface area contributed by atoms with E-state index in [9.17, 15) is 9.18 Å². The van der Waals surface area contributed by atoms with Crippen LogP contribution in [0.3, 0.4) is 0 Å². The zero-order valence-electron chi connectivity index (χ0n) is 15.0. The van der Waals surface area contributed by atoms with Crippen LogP contribution in [0, 0.1) is 11.7 Å². The van der Waals surface area contributed by atoms with Gasteiger partial charge in [0, 0.05) is 17.2 Å². The van der Waals surface area contributed by atoms with E-state index in [4.69, 9.17) is 21.1 Å². The van der Waals surface area contributed by atoms with Crippen LogP contribution < -0.4 is 9.47 Å². The van der Waals surface area contributed by atoms with E-state index in [-0.39, 0.29) is 12.4 Å². The number of Topliss-reactive ketones (excluding diaryl/α,β-unsaturated/α-hetero) is 1. The second kappa shape index (κ2) is 8.03. The SMILES string of the molecule is O=C(c1cccc(F)c1)C1COc2cc(OCc3ccccc3)ccc2C1Cl. The molecule has 0 radical (unpaired) electrons. The summed E-state index contributed by atoms with van der Waals surface area (Å²) < 4.78 is 25.1. The molecule has 2 atom stereocenters. The summed E-state index contributed by atoms with van der Waals surface area (Å²) in [6, 6.07) is 20.9. The summed E-state index contributed by atoms with van der Waals surface area (Å²) in [6.45, 7) is 0.587. The second-order valence-electron chi connectivity index (χ2n) is 6.67. The van der Waals surface area contributed by atoms with E-state index in [0.717, 1.165) is 11.1 Å². The lowest BCUT2D eigenvalue weighted by atomic mass is 9.89. The molecule has 1 aliphatic heterocycles. The lowest BCUT2D eigenvalue weighted by molar-refractivity contribution is 0.0848. The fraction of sp³-hybridized carbons (Fsp3) is 0.174. The molecule has 0 aliphatic carbocycles. The molecule has 3 nitrogen and oxygen atoms in total. The summed E-state index contributed by atoms with van der Waals surface area (Å²) in [5, 5.41) is -0.553. The van der Waals surface area contributed by atoms with Crippen LogP contribution in [0.4, 0.5) is 4.39 Å². The Morgan fingerprint density at radius 3 is 2.68 bits per heavy atom. The van der Waals surface area contributed by atoms with Crippen molar-refractivity contribution in [2.45, 2.75) is 12.0 Å². The highest BCUT2D eigenvalue weighted by Crippen LogP contribution is 2.42. The van der Waals surface area contributed by atoms with Crippen LogP contribution in [0.2, 0.25) is 0 Å². The smallest absolute Gasteiger partial charge is 0.171 e. The van der Waals surface area contributed by atoms with Crippen molar-refractivity contribution in [1.29, 1.82) is 0 Å². The number of benzene rings is 3. The van der Waals surface area contributed by atoms with Crippen LogP contribution >= 0.6 is 11.6 Å². The van der Waals surface area contributed by atoms with E-state index >= 15 is 0 Å². The number of carbonyl (C=O) groups excluding carboxylic acids is 1. The first-order valence-corrected chi connectivity index (χ1v) is 9.43. The normalized spacial score (nSPS) is 18.1. The first kappa shape index (κ1) is 18.5. The van der Waals surface area contributed by atoms with Gasteiger partial charge in [0.2, 0.25) is 0 Å². The van der Waals surface area contributed by atoms with Crippen molar-refractivity contribution < 1.29 is 18.7 Å². The summed E-state index contributed by atoms with van der Waals surface area (Å²) in [7, 11) is 0. The molecule has 28 heavy (non-hydrogen) atoms. The first-order valence-electron chi connectivity index (χ1n) is 8.99. The largest absolute Gasteiger partial charge is 0.492 e. The minimum absolute atomic E-state index is 0.138. The molecule has 0 bridgehead atoms. The predicted octanol–water partition coefficient (Wildman–Crippen LogP) is 5.58. The van der Waals surface area contributed by atoms with Gasteiger partial charge in [-0.3, -0.25) is 4.79 Å². The van der Waals surface area contributed by atoms with Gasteiger partial charge in [-0.15, -0.1) is 11.6 Å². The summed E-state index contributed by atoms with van der Waals surface area (Å²) in [6.07, 6.45) is 0. The van der Waals surface area contributed by atoms with E-state index in [0.29, 0.717) is 23.7 Å². The molecule has 0 fully saturated rings. The van der Waals surface area contributed by atoms with Crippen molar-refractivity contribution in [3.63, 3.8) is 0 Å². The van der Waals surface area contributed by atoms with E-state index in [1.54, 1.807) is 12.1 Å². The summed E-state index contributed by atoms with van der Waals surface area (Å²) in [4.78, 5) is 12.7. The highest BCUT2D eigenvalue weighted by atomic mass is 35.5. The van der Waals surface area contributed by atoms with Gasteiger partial charge in [-0.25, -0.2) is 4.39 Å². The molecule has 2 unspecified atom stereocenters. The van der Waals surface area contributed by atoms with Gasteiger partial charge < -0.3 is 9.47 Å². The van der Waals surface area contributed by atoms with Crippen LogP contribution in [0.15, 0.2) is 72.8 Å². The molecule has 0 amide bonds. The third kappa shape index (κ3) is 3.87. The third-order valence-corrected chi connectivity index (χ3v) is 5.29. The predicted molar refractivity (Wildman–Crippen MR) is 106 cm³/mol. The molecule has 0 aromatic heterocycles. The minimum atomic E-state index is -0.577. The molecule has 1 heterocycles. The van der Waals surface area contributed by atoms with Crippen molar-refractivity contribution in [1.82, 2.24) is 0 Å². The average Bonchev–Trinajstić information content (AvgIpc) is 2.73. The Labute approximate surface area is 167 Å². The van der Waals surface area contributed by atoms with Crippen LogP contribution in [-0.2, 0) is 6.61 Å². The molecule has 1 aliphatic rings. The maximum absolute atomic E-state index is 13.4. The molecular weight excluding hydrogens is 379 g/mol. The van der Waals surface area contributed by atoms with Crippen molar-refractivity contribution in [2.75, 3.05) is 6.61 Å². The quantitative estimate of drug-likeness (QED) is 0.417. The summed E-state index contributed by atoms with van der Waals surface area (Å²) in [5.74, 6) is 0.0196. The number of carbonyl (C=O) groups is 1. The summed E-state index contributed by atoms with van der Waals surface area (Å²) >= 11 is 6.59. The molecule has 5 heteroatoms.